The Morgan fingerprint density at radius 3 is 2.48 bits per heavy atom. The Kier molecular flexibility index (Phi) is 11.9. The number of carbonyl (C=O) groups is 1. The monoisotopic (exact) mass is 888 g/mol. The topological polar surface area (TPSA) is 176 Å². The number of aromatic amines is 1. The second-order valence-corrected chi connectivity index (χ2v) is 21.6. The van der Waals surface area contributed by atoms with Gasteiger partial charge in [-0.05, 0) is 115 Å². The highest BCUT2D eigenvalue weighted by Crippen LogP contribution is 2.49. The zero-order chi connectivity index (χ0) is 44.8. The maximum atomic E-state index is 14.0. The molecule has 14 nitrogen and oxygen atoms in total. The number of hydrogen-bond donors (Lipinski definition) is 3. The van der Waals surface area contributed by atoms with Crippen LogP contribution in [-0.4, -0.2) is 77.9 Å². The number of nitro groups is 1. The number of piperidine rings is 1. The van der Waals surface area contributed by atoms with Gasteiger partial charge in [-0.1, -0.05) is 58.4 Å². The molecule has 3 N–H and O–H groups in total. The fourth-order valence-electron chi connectivity index (χ4n) is 10.8. The van der Waals surface area contributed by atoms with E-state index in [0.717, 1.165) is 88.0 Å². The lowest BCUT2D eigenvalue weighted by Crippen LogP contribution is -2.63. The van der Waals surface area contributed by atoms with Crippen molar-refractivity contribution in [1.82, 2.24) is 24.6 Å². The Bertz CT molecular complexity index is 2640. The normalized spacial score (nSPS) is 21.2. The number of fused-ring (bicyclic) bond motifs is 1. The molecule has 2 aliphatic carbocycles. The van der Waals surface area contributed by atoms with Crippen molar-refractivity contribution < 1.29 is 22.9 Å². The average Bonchev–Trinajstić information content (AvgIpc) is 3.95. The van der Waals surface area contributed by atoms with Crippen molar-refractivity contribution in [2.24, 2.45) is 16.7 Å². The van der Waals surface area contributed by atoms with E-state index in [9.17, 15) is 23.3 Å². The standard InChI is InChI=1S/C49H60N8O6S/c1-32(2)38-8-5-6-9-39(38)40-10-7-11-42(40)56-30-49(31-56)19-22-55(23-20-49)35-12-13-41(44(25-35)63-36-24-34-16-21-50-45(34)52-28-36)47(58)54-64(61,62)37-26-43(57(59)60)46(53-29-37)51-27-33-14-17-48(3,4)18-15-33/h5-6,8-9,12-13,16,21,24-26,28-29,32-33,40,42H,7,10-11,14-15,17-20,22-23,27,30-31H2,1-4H3,(H,50,52)(H,51,53)(H,54,58)/t40-,42-/m0/s1. The summed E-state index contributed by atoms with van der Waals surface area (Å²) in [6.45, 7) is 13.5. The number of ether oxygens (including phenoxy) is 1. The number of benzene rings is 2. The van der Waals surface area contributed by atoms with Crippen molar-refractivity contribution in [3.05, 3.63) is 106 Å². The number of carbonyl (C=O) groups excluding carboxylic acids is 1. The van der Waals surface area contributed by atoms with Gasteiger partial charge in [-0.3, -0.25) is 19.8 Å². The predicted octanol–water partition coefficient (Wildman–Crippen LogP) is 9.77. The maximum Gasteiger partial charge on any atom is 0.312 e. The quantitative estimate of drug-likeness (QED) is 0.0758. The van der Waals surface area contributed by atoms with Gasteiger partial charge in [0, 0.05) is 68.2 Å². The first kappa shape index (κ1) is 43.7. The number of likely N-dealkylation sites (tertiary alicyclic amines) is 1. The van der Waals surface area contributed by atoms with E-state index in [1.807, 2.05) is 12.1 Å². The number of sulfonamides is 1. The van der Waals surface area contributed by atoms with Gasteiger partial charge in [-0.15, -0.1) is 0 Å². The Labute approximate surface area is 375 Å². The highest BCUT2D eigenvalue weighted by molar-refractivity contribution is 7.90. The van der Waals surface area contributed by atoms with Gasteiger partial charge in [-0.25, -0.2) is 23.1 Å². The van der Waals surface area contributed by atoms with Crippen molar-refractivity contribution in [2.75, 3.05) is 42.9 Å². The van der Waals surface area contributed by atoms with Crippen molar-refractivity contribution in [3.63, 3.8) is 0 Å². The molecule has 2 aromatic carbocycles. The summed E-state index contributed by atoms with van der Waals surface area (Å²) in [5, 5.41) is 16.0. The molecule has 15 heteroatoms. The summed E-state index contributed by atoms with van der Waals surface area (Å²) in [7, 11) is -4.60. The van der Waals surface area contributed by atoms with Crippen LogP contribution < -0.4 is 19.7 Å². The predicted molar refractivity (Wildman–Crippen MR) is 249 cm³/mol. The molecule has 1 spiro atoms. The van der Waals surface area contributed by atoms with E-state index >= 15 is 0 Å². The van der Waals surface area contributed by atoms with Crippen LogP contribution in [0.2, 0.25) is 0 Å². The second-order valence-electron chi connectivity index (χ2n) is 19.9. The molecule has 0 unspecified atom stereocenters. The van der Waals surface area contributed by atoms with Gasteiger partial charge in [0.05, 0.1) is 22.9 Å². The largest absolute Gasteiger partial charge is 0.455 e. The first-order chi connectivity index (χ1) is 30.7. The molecule has 4 aliphatic rings. The van der Waals surface area contributed by atoms with Crippen molar-refractivity contribution in [3.8, 4) is 11.5 Å². The summed E-state index contributed by atoms with van der Waals surface area (Å²) in [5.74, 6) is 0.976. The minimum atomic E-state index is -4.60. The minimum absolute atomic E-state index is 0.0108. The molecule has 3 aromatic heterocycles. The van der Waals surface area contributed by atoms with E-state index in [0.29, 0.717) is 41.7 Å². The summed E-state index contributed by atoms with van der Waals surface area (Å²) in [5.41, 5.74) is 4.59. The number of rotatable bonds is 13. The van der Waals surface area contributed by atoms with E-state index < -0.39 is 31.4 Å². The number of nitrogens with one attached hydrogen (secondary N) is 3. The van der Waals surface area contributed by atoms with Gasteiger partial charge in [-0.2, -0.15) is 0 Å². The molecule has 4 fully saturated rings. The SMILES string of the molecule is CC(C)c1ccccc1[C@@H]1CCC[C@@H]1N1CC2(CCN(c3ccc(C(=O)NS(=O)(=O)c4cnc(NCC5CCC(C)(C)CC5)c([N+](=O)[O-])c4)c(Oc4cnc5[nH]ccc5c4)c3)CC2)C1. The van der Waals surface area contributed by atoms with Crippen LogP contribution >= 0.6 is 0 Å². The zero-order valence-corrected chi connectivity index (χ0v) is 38.1. The lowest BCUT2D eigenvalue weighted by atomic mass is 9.70. The molecular weight excluding hydrogens is 829 g/mol. The zero-order valence-electron chi connectivity index (χ0n) is 37.3. The third-order valence-electron chi connectivity index (χ3n) is 14.6. The number of anilines is 2. The van der Waals surface area contributed by atoms with Crippen molar-refractivity contribution in [2.45, 2.75) is 108 Å². The molecule has 5 aromatic rings. The molecule has 2 saturated heterocycles. The van der Waals surface area contributed by atoms with Crippen LogP contribution in [0.15, 0.2) is 84.1 Å². The van der Waals surface area contributed by atoms with Crippen LogP contribution in [0, 0.1) is 26.9 Å². The molecule has 0 bridgehead atoms. The van der Waals surface area contributed by atoms with Gasteiger partial charge >= 0.3 is 5.69 Å². The fourth-order valence-corrected chi connectivity index (χ4v) is 11.7. The summed E-state index contributed by atoms with van der Waals surface area (Å²) in [6, 6.07) is 19.4. The van der Waals surface area contributed by atoms with E-state index in [1.165, 1.54) is 30.4 Å². The van der Waals surface area contributed by atoms with Gasteiger partial charge < -0.3 is 19.9 Å². The molecule has 2 saturated carbocycles. The third kappa shape index (κ3) is 9.06. The van der Waals surface area contributed by atoms with E-state index in [-0.39, 0.29) is 28.0 Å². The van der Waals surface area contributed by atoms with E-state index in [2.05, 4.69) is 86.8 Å². The molecule has 0 radical (unpaired) electrons. The van der Waals surface area contributed by atoms with Crippen molar-refractivity contribution in [1.29, 1.82) is 0 Å². The third-order valence-corrected chi connectivity index (χ3v) is 15.9. The average molecular weight is 889 g/mol. The van der Waals surface area contributed by atoms with E-state index in [4.69, 9.17) is 4.74 Å². The number of nitrogens with zero attached hydrogens (tertiary/aromatic N) is 5. The molecule has 1 amide bonds. The summed E-state index contributed by atoms with van der Waals surface area (Å²) in [6.07, 6.45) is 14.3. The highest BCUT2D eigenvalue weighted by Gasteiger charge is 2.49. The van der Waals surface area contributed by atoms with Crippen LogP contribution in [0.25, 0.3) is 11.0 Å². The summed E-state index contributed by atoms with van der Waals surface area (Å²) in [4.78, 5) is 41.7. The van der Waals surface area contributed by atoms with Crippen LogP contribution in [0.5, 0.6) is 11.5 Å². The van der Waals surface area contributed by atoms with Gasteiger partial charge in [0.15, 0.2) is 0 Å². The molecule has 5 heterocycles. The van der Waals surface area contributed by atoms with Gasteiger partial charge in [0.1, 0.15) is 22.0 Å². The molecule has 9 rings (SSSR count). The van der Waals surface area contributed by atoms with Gasteiger partial charge in [0.2, 0.25) is 5.82 Å². The lowest BCUT2D eigenvalue weighted by molar-refractivity contribution is -0.384. The maximum absolute atomic E-state index is 14.0. The Hall–Kier alpha value is -5.54. The fraction of sp³-hybridized carbons (Fsp3) is 0.490. The van der Waals surface area contributed by atoms with Gasteiger partial charge in [0.25, 0.3) is 15.9 Å². The first-order valence-electron chi connectivity index (χ1n) is 22.9. The summed E-state index contributed by atoms with van der Waals surface area (Å²) >= 11 is 0. The van der Waals surface area contributed by atoms with E-state index in [1.54, 1.807) is 30.6 Å². The number of aromatic nitrogens is 3. The Balaban J connectivity index is 0.895. The highest BCUT2D eigenvalue weighted by atomic mass is 32.2. The smallest absolute Gasteiger partial charge is 0.312 e. The second kappa shape index (κ2) is 17.4. The number of amides is 1. The number of H-pyrrole nitrogens is 1. The van der Waals surface area contributed by atoms with Crippen LogP contribution in [0.1, 0.15) is 119 Å². The summed E-state index contributed by atoms with van der Waals surface area (Å²) < 4.78 is 35.9. The minimum Gasteiger partial charge on any atom is -0.455 e. The number of hydrogen-bond acceptors (Lipinski definition) is 11. The molecule has 64 heavy (non-hydrogen) atoms. The molecule has 2 atom stereocenters. The van der Waals surface area contributed by atoms with Crippen LogP contribution in [0.3, 0.4) is 0 Å². The molecular formula is C49H60N8O6S. The molecule has 338 valence electrons. The van der Waals surface area contributed by atoms with Crippen LogP contribution in [-0.2, 0) is 10.0 Å². The van der Waals surface area contributed by atoms with Crippen LogP contribution in [0.4, 0.5) is 17.2 Å². The molecule has 2 aliphatic heterocycles. The first-order valence-corrected chi connectivity index (χ1v) is 24.4. The Morgan fingerprint density at radius 1 is 0.969 bits per heavy atom. The number of pyridine rings is 2. The van der Waals surface area contributed by atoms with Crippen molar-refractivity contribution >= 4 is 44.2 Å². The Morgan fingerprint density at radius 2 is 1.73 bits per heavy atom. The lowest BCUT2D eigenvalue weighted by Gasteiger charge is -2.57.